The number of rotatable bonds is 5. The largest absolute Gasteiger partial charge is 0.471 e. The van der Waals surface area contributed by atoms with Gasteiger partial charge in [0.25, 0.3) is 5.91 Å². The lowest BCUT2D eigenvalue weighted by atomic mass is 10.1. The van der Waals surface area contributed by atoms with Crippen LogP contribution in [-0.4, -0.2) is 30.2 Å². The Hall–Kier alpha value is -2.11. The van der Waals surface area contributed by atoms with Crippen LogP contribution in [-0.2, 0) is 11.2 Å². The van der Waals surface area contributed by atoms with Gasteiger partial charge in [-0.1, -0.05) is 36.7 Å². The van der Waals surface area contributed by atoms with Gasteiger partial charge < -0.3 is 14.8 Å². The van der Waals surface area contributed by atoms with E-state index in [9.17, 15) is 4.79 Å². The second-order valence-corrected chi connectivity index (χ2v) is 5.99. The topological polar surface area (TPSA) is 60.5 Å². The van der Waals surface area contributed by atoms with Crippen LogP contribution in [0.1, 0.15) is 29.3 Å². The second kappa shape index (κ2) is 7.64. The van der Waals surface area contributed by atoms with Crippen LogP contribution < -0.4 is 10.1 Å². The molecule has 1 aromatic carbocycles. The van der Waals surface area contributed by atoms with Gasteiger partial charge >= 0.3 is 0 Å². The smallest absolute Gasteiger partial charge is 0.257 e. The van der Waals surface area contributed by atoms with Crippen molar-refractivity contribution in [2.75, 3.05) is 18.5 Å². The maximum atomic E-state index is 12.4. The molecule has 0 saturated carbocycles. The second-order valence-electron chi connectivity index (χ2n) is 5.58. The van der Waals surface area contributed by atoms with E-state index in [0.717, 1.165) is 24.1 Å². The fraction of sp³-hybridized carbons (Fsp3) is 0.333. The molecule has 1 atom stereocenters. The monoisotopic (exact) mass is 346 g/mol. The molecule has 1 aromatic heterocycles. The maximum Gasteiger partial charge on any atom is 0.257 e. The molecule has 1 saturated heterocycles. The van der Waals surface area contributed by atoms with Gasteiger partial charge in [-0.05, 0) is 24.1 Å². The molecule has 6 heteroatoms. The number of carbonyl (C=O) groups excluding carboxylic acids is 1. The summed E-state index contributed by atoms with van der Waals surface area (Å²) >= 11 is 6.21. The molecule has 0 radical (unpaired) electrons. The van der Waals surface area contributed by atoms with Gasteiger partial charge in [0, 0.05) is 18.3 Å². The summed E-state index contributed by atoms with van der Waals surface area (Å²) in [5.74, 6) is 0.0822. The molecule has 2 heterocycles. The first-order valence-electron chi connectivity index (χ1n) is 7.96. The number of halogens is 1. The van der Waals surface area contributed by atoms with E-state index < -0.39 is 0 Å². The van der Waals surface area contributed by atoms with Crippen LogP contribution in [0.2, 0.25) is 5.02 Å². The number of amides is 1. The van der Waals surface area contributed by atoms with Crippen LogP contribution in [0.3, 0.4) is 0 Å². The number of para-hydroxylation sites is 1. The summed E-state index contributed by atoms with van der Waals surface area (Å²) in [5, 5.41) is 3.22. The number of nitrogens with one attached hydrogen (secondary N) is 1. The van der Waals surface area contributed by atoms with E-state index in [1.807, 2.05) is 31.2 Å². The van der Waals surface area contributed by atoms with Crippen molar-refractivity contribution in [1.29, 1.82) is 0 Å². The molecule has 126 valence electrons. The first-order chi connectivity index (χ1) is 11.7. The molecule has 1 fully saturated rings. The van der Waals surface area contributed by atoms with Crippen molar-refractivity contribution >= 4 is 23.2 Å². The number of ether oxygens (including phenoxy) is 2. The van der Waals surface area contributed by atoms with Gasteiger partial charge in [0.1, 0.15) is 11.1 Å². The molecule has 0 bridgehead atoms. The van der Waals surface area contributed by atoms with Crippen LogP contribution in [0.5, 0.6) is 5.88 Å². The minimum absolute atomic E-state index is 0.0360. The number of anilines is 1. The van der Waals surface area contributed by atoms with Gasteiger partial charge in [-0.25, -0.2) is 4.98 Å². The zero-order valence-corrected chi connectivity index (χ0v) is 14.2. The Morgan fingerprint density at radius 3 is 3.00 bits per heavy atom. The van der Waals surface area contributed by atoms with E-state index >= 15 is 0 Å². The summed E-state index contributed by atoms with van der Waals surface area (Å²) in [5.41, 5.74) is 2.26. The number of hydrogen-bond acceptors (Lipinski definition) is 4. The third kappa shape index (κ3) is 3.86. The number of pyridine rings is 1. The predicted molar refractivity (Wildman–Crippen MR) is 92.9 cm³/mol. The number of hydrogen-bond donors (Lipinski definition) is 1. The maximum absolute atomic E-state index is 12.4. The molecule has 5 nitrogen and oxygen atoms in total. The van der Waals surface area contributed by atoms with Crippen LogP contribution in [0.4, 0.5) is 5.69 Å². The fourth-order valence-electron chi connectivity index (χ4n) is 2.55. The van der Waals surface area contributed by atoms with Crippen LogP contribution >= 0.6 is 11.6 Å². The van der Waals surface area contributed by atoms with E-state index in [1.54, 1.807) is 6.07 Å². The Morgan fingerprint density at radius 1 is 1.46 bits per heavy atom. The zero-order valence-electron chi connectivity index (χ0n) is 13.4. The van der Waals surface area contributed by atoms with Crippen molar-refractivity contribution < 1.29 is 14.3 Å². The minimum Gasteiger partial charge on any atom is -0.471 e. The van der Waals surface area contributed by atoms with Crippen molar-refractivity contribution in [2.24, 2.45) is 0 Å². The number of aryl methyl sites for hydroxylation is 1. The van der Waals surface area contributed by atoms with Gasteiger partial charge in [-0.3, -0.25) is 4.79 Å². The molecule has 0 aliphatic carbocycles. The summed E-state index contributed by atoms with van der Waals surface area (Å²) < 4.78 is 11.0. The van der Waals surface area contributed by atoms with Crippen molar-refractivity contribution in [3.05, 3.63) is 52.7 Å². The number of aromatic nitrogens is 1. The number of benzene rings is 1. The zero-order chi connectivity index (χ0) is 16.9. The Morgan fingerprint density at radius 2 is 2.29 bits per heavy atom. The van der Waals surface area contributed by atoms with Crippen molar-refractivity contribution in [1.82, 2.24) is 4.98 Å². The fourth-order valence-corrected chi connectivity index (χ4v) is 2.76. The highest BCUT2D eigenvalue weighted by atomic mass is 35.5. The Bertz CT molecular complexity index is 730. The molecule has 2 aromatic rings. The van der Waals surface area contributed by atoms with E-state index in [-0.39, 0.29) is 12.0 Å². The van der Waals surface area contributed by atoms with Crippen molar-refractivity contribution in [2.45, 2.75) is 25.9 Å². The lowest BCUT2D eigenvalue weighted by molar-refractivity contribution is 0.102. The number of nitrogens with zero attached hydrogens (tertiary/aromatic N) is 1. The molecule has 1 N–H and O–H groups in total. The minimum atomic E-state index is -0.249. The van der Waals surface area contributed by atoms with Crippen LogP contribution in [0.25, 0.3) is 0 Å². The normalized spacial score (nSPS) is 16.8. The third-order valence-corrected chi connectivity index (χ3v) is 4.15. The van der Waals surface area contributed by atoms with Crippen molar-refractivity contribution in [3.8, 4) is 5.88 Å². The molecule has 1 aliphatic heterocycles. The SMILES string of the molecule is CCc1ccccc1NC(=O)c1cnc(OC2CCOC2)c(Cl)c1. The standard InChI is InChI=1S/C18H19ClN2O3/c1-2-12-5-3-4-6-16(12)21-17(22)13-9-15(19)18(20-10-13)24-14-7-8-23-11-14/h3-6,9-10,14H,2,7-8,11H2,1H3,(H,21,22). The molecule has 24 heavy (non-hydrogen) atoms. The summed E-state index contributed by atoms with van der Waals surface area (Å²) in [6.45, 7) is 3.26. The summed E-state index contributed by atoms with van der Waals surface area (Å²) in [6.07, 6.45) is 3.09. The molecule has 3 rings (SSSR count). The van der Waals surface area contributed by atoms with Crippen molar-refractivity contribution in [3.63, 3.8) is 0 Å². The van der Waals surface area contributed by atoms with E-state index in [2.05, 4.69) is 10.3 Å². The predicted octanol–water partition coefficient (Wildman–Crippen LogP) is 3.72. The van der Waals surface area contributed by atoms with Gasteiger partial charge in [-0.2, -0.15) is 0 Å². The van der Waals surface area contributed by atoms with Crippen LogP contribution in [0.15, 0.2) is 36.5 Å². The lowest BCUT2D eigenvalue weighted by Gasteiger charge is -2.13. The first-order valence-corrected chi connectivity index (χ1v) is 8.34. The van der Waals surface area contributed by atoms with Gasteiger partial charge in [0.05, 0.1) is 18.8 Å². The Balaban J connectivity index is 1.72. The highest BCUT2D eigenvalue weighted by molar-refractivity contribution is 6.32. The molecular formula is C18H19ClN2O3. The first kappa shape index (κ1) is 16.7. The highest BCUT2D eigenvalue weighted by Gasteiger charge is 2.20. The molecular weight excluding hydrogens is 328 g/mol. The summed E-state index contributed by atoms with van der Waals surface area (Å²) in [4.78, 5) is 16.6. The summed E-state index contributed by atoms with van der Waals surface area (Å²) in [6, 6.07) is 9.28. The third-order valence-electron chi connectivity index (χ3n) is 3.88. The Labute approximate surface area is 145 Å². The molecule has 1 amide bonds. The Kier molecular flexibility index (Phi) is 5.33. The highest BCUT2D eigenvalue weighted by Crippen LogP contribution is 2.26. The average Bonchev–Trinajstić information content (AvgIpc) is 3.10. The van der Waals surface area contributed by atoms with Crippen LogP contribution in [0, 0.1) is 0 Å². The van der Waals surface area contributed by atoms with Gasteiger partial charge in [0.2, 0.25) is 5.88 Å². The van der Waals surface area contributed by atoms with E-state index in [0.29, 0.717) is 29.7 Å². The molecule has 0 spiro atoms. The molecule has 1 unspecified atom stereocenters. The van der Waals surface area contributed by atoms with E-state index in [4.69, 9.17) is 21.1 Å². The quantitative estimate of drug-likeness (QED) is 0.896. The van der Waals surface area contributed by atoms with Gasteiger partial charge in [-0.15, -0.1) is 0 Å². The molecule has 1 aliphatic rings. The summed E-state index contributed by atoms with van der Waals surface area (Å²) in [7, 11) is 0. The lowest BCUT2D eigenvalue weighted by Crippen LogP contribution is -2.17. The number of carbonyl (C=O) groups is 1. The van der Waals surface area contributed by atoms with Gasteiger partial charge in [0.15, 0.2) is 0 Å². The average molecular weight is 347 g/mol. The van der Waals surface area contributed by atoms with E-state index in [1.165, 1.54) is 6.20 Å².